The Labute approximate surface area is 155 Å². The molecule has 2 rings (SSSR count). The Balaban J connectivity index is 0.00000242. The molecule has 0 saturated carbocycles. The summed E-state index contributed by atoms with van der Waals surface area (Å²) < 4.78 is 0. The van der Waals surface area contributed by atoms with Crippen LogP contribution in [0.3, 0.4) is 0 Å². The van der Waals surface area contributed by atoms with Gasteiger partial charge in [0.25, 0.3) is 0 Å². The van der Waals surface area contributed by atoms with Crippen LogP contribution in [0.4, 0.5) is 0 Å². The normalized spacial score (nSPS) is 19.0. The molecule has 1 atom stereocenters. The first-order chi connectivity index (χ1) is 10.1. The molecule has 4 nitrogen and oxygen atoms in total. The summed E-state index contributed by atoms with van der Waals surface area (Å²) >= 11 is 2.08. The molecule has 0 aromatic carbocycles. The molecule has 22 heavy (non-hydrogen) atoms. The monoisotopic (exact) mass is 434 g/mol. The highest BCUT2D eigenvalue weighted by molar-refractivity contribution is 14.0. The largest absolute Gasteiger partial charge is 0.351 e. The highest BCUT2D eigenvalue weighted by Gasteiger charge is 2.24. The van der Waals surface area contributed by atoms with Gasteiger partial charge in [0.05, 0.1) is 12.2 Å². The molecule has 0 radical (unpaired) electrons. The Bertz CT molecular complexity index is 493. The Morgan fingerprint density at radius 2 is 2.27 bits per heavy atom. The van der Waals surface area contributed by atoms with E-state index in [0.29, 0.717) is 11.2 Å². The second kappa shape index (κ2) is 9.60. The number of rotatable bonds is 3. The molecule has 2 heterocycles. The van der Waals surface area contributed by atoms with Gasteiger partial charge in [-0.05, 0) is 25.0 Å². The van der Waals surface area contributed by atoms with Gasteiger partial charge in [-0.2, -0.15) is 11.8 Å². The van der Waals surface area contributed by atoms with E-state index < -0.39 is 0 Å². The minimum atomic E-state index is 0. The Morgan fingerprint density at radius 1 is 1.50 bits per heavy atom. The smallest absolute Gasteiger partial charge is 0.194 e. The second-order valence-electron chi connectivity index (χ2n) is 5.77. The number of thioether (sulfide) groups is 1. The number of pyridine rings is 1. The summed E-state index contributed by atoms with van der Waals surface area (Å²) in [6, 6.07) is 6.12. The van der Waals surface area contributed by atoms with Crippen LogP contribution >= 0.6 is 35.7 Å². The van der Waals surface area contributed by atoms with Crippen molar-refractivity contribution >= 4 is 41.7 Å². The molecule has 1 aromatic heterocycles. The first-order valence-corrected chi connectivity index (χ1v) is 8.64. The van der Waals surface area contributed by atoms with E-state index in [0.717, 1.165) is 37.0 Å². The highest BCUT2D eigenvalue weighted by Crippen LogP contribution is 2.24. The molecule has 1 aliphatic heterocycles. The summed E-state index contributed by atoms with van der Waals surface area (Å²) in [5.41, 5.74) is 2.11. The zero-order valence-electron chi connectivity index (χ0n) is 13.9. The summed E-state index contributed by atoms with van der Waals surface area (Å²) in [5, 5.41) is 4.14. The number of aliphatic imine (C=N–C) groups is 1. The van der Waals surface area contributed by atoms with E-state index in [1.54, 1.807) is 0 Å². The van der Waals surface area contributed by atoms with Gasteiger partial charge >= 0.3 is 0 Å². The van der Waals surface area contributed by atoms with Crippen molar-refractivity contribution in [2.45, 2.75) is 32.6 Å². The number of aryl methyl sites for hydroxylation is 1. The van der Waals surface area contributed by atoms with Crippen LogP contribution in [-0.2, 0) is 6.54 Å². The van der Waals surface area contributed by atoms with Crippen molar-refractivity contribution in [3.05, 3.63) is 29.6 Å². The SMILES string of the molecule is CN=C(NCc1cccc(C)n1)N1CCSC(C(C)C)C1.I. The van der Waals surface area contributed by atoms with Crippen LogP contribution in [0, 0.1) is 12.8 Å². The van der Waals surface area contributed by atoms with Gasteiger partial charge in [-0.25, -0.2) is 0 Å². The standard InChI is InChI=1S/C16H26N4S.HI/c1-12(2)15-11-20(8-9-21-15)16(17-4)18-10-14-7-5-6-13(3)19-14;/h5-7,12,15H,8-11H2,1-4H3,(H,17,18);1H. The topological polar surface area (TPSA) is 40.5 Å². The molecule has 1 fully saturated rings. The molecule has 6 heteroatoms. The van der Waals surface area contributed by atoms with Crippen molar-refractivity contribution in [1.82, 2.24) is 15.2 Å². The third-order valence-electron chi connectivity index (χ3n) is 3.72. The minimum absolute atomic E-state index is 0. The van der Waals surface area contributed by atoms with Crippen LogP contribution in [0.25, 0.3) is 0 Å². The van der Waals surface area contributed by atoms with Crippen LogP contribution in [0.2, 0.25) is 0 Å². The summed E-state index contributed by atoms with van der Waals surface area (Å²) in [5.74, 6) is 2.87. The van der Waals surface area contributed by atoms with E-state index in [2.05, 4.69) is 57.9 Å². The minimum Gasteiger partial charge on any atom is -0.351 e. The molecule has 1 unspecified atom stereocenters. The molecule has 0 spiro atoms. The predicted molar refractivity (Wildman–Crippen MR) is 107 cm³/mol. The van der Waals surface area contributed by atoms with Crippen molar-refractivity contribution in [1.29, 1.82) is 0 Å². The van der Waals surface area contributed by atoms with Gasteiger partial charge in [-0.1, -0.05) is 19.9 Å². The second-order valence-corrected chi connectivity index (χ2v) is 7.12. The Hall–Kier alpha value is -0.500. The van der Waals surface area contributed by atoms with Gasteiger partial charge in [-0.15, -0.1) is 24.0 Å². The average molecular weight is 434 g/mol. The lowest BCUT2D eigenvalue weighted by Gasteiger charge is -2.36. The lowest BCUT2D eigenvalue weighted by molar-refractivity contribution is 0.380. The van der Waals surface area contributed by atoms with Crippen molar-refractivity contribution in [2.75, 3.05) is 25.9 Å². The predicted octanol–water partition coefficient (Wildman–Crippen LogP) is 3.16. The average Bonchev–Trinajstić information content (AvgIpc) is 2.48. The number of halogens is 1. The van der Waals surface area contributed by atoms with E-state index in [-0.39, 0.29) is 24.0 Å². The highest BCUT2D eigenvalue weighted by atomic mass is 127. The van der Waals surface area contributed by atoms with Gasteiger partial charge in [-0.3, -0.25) is 9.98 Å². The zero-order chi connectivity index (χ0) is 15.2. The molecule has 1 aliphatic rings. The number of hydrogen-bond acceptors (Lipinski definition) is 3. The number of nitrogens with zero attached hydrogens (tertiary/aromatic N) is 3. The maximum absolute atomic E-state index is 4.53. The lowest BCUT2D eigenvalue weighted by Crippen LogP contribution is -2.48. The molecule has 0 bridgehead atoms. The van der Waals surface area contributed by atoms with E-state index in [1.807, 2.05) is 20.0 Å². The molecule has 1 saturated heterocycles. The number of hydrogen-bond donors (Lipinski definition) is 1. The van der Waals surface area contributed by atoms with Gasteiger partial charge < -0.3 is 10.2 Å². The van der Waals surface area contributed by atoms with Gasteiger partial charge in [0.1, 0.15) is 0 Å². The van der Waals surface area contributed by atoms with E-state index in [9.17, 15) is 0 Å². The molecule has 124 valence electrons. The Kier molecular flexibility index (Phi) is 8.53. The van der Waals surface area contributed by atoms with Crippen molar-refractivity contribution < 1.29 is 0 Å². The zero-order valence-corrected chi connectivity index (χ0v) is 17.0. The number of guanidine groups is 1. The fourth-order valence-electron chi connectivity index (χ4n) is 2.47. The van der Waals surface area contributed by atoms with Crippen LogP contribution in [-0.4, -0.2) is 47.0 Å². The number of aromatic nitrogens is 1. The van der Waals surface area contributed by atoms with E-state index >= 15 is 0 Å². The van der Waals surface area contributed by atoms with Crippen LogP contribution in [0.5, 0.6) is 0 Å². The van der Waals surface area contributed by atoms with Crippen molar-refractivity contribution in [2.24, 2.45) is 10.9 Å². The first kappa shape index (κ1) is 19.5. The van der Waals surface area contributed by atoms with Gasteiger partial charge in [0, 0.05) is 36.8 Å². The fourth-order valence-corrected chi connectivity index (χ4v) is 3.77. The summed E-state index contributed by atoms with van der Waals surface area (Å²) in [6.07, 6.45) is 0. The van der Waals surface area contributed by atoms with E-state index in [4.69, 9.17) is 0 Å². The summed E-state index contributed by atoms with van der Waals surface area (Å²) in [6.45, 7) is 9.48. The third-order valence-corrected chi connectivity index (χ3v) is 5.26. The summed E-state index contributed by atoms with van der Waals surface area (Å²) in [4.78, 5) is 11.3. The molecule has 0 amide bonds. The molecule has 1 aromatic rings. The van der Waals surface area contributed by atoms with Crippen molar-refractivity contribution in [3.8, 4) is 0 Å². The van der Waals surface area contributed by atoms with Crippen LogP contribution in [0.1, 0.15) is 25.2 Å². The quantitative estimate of drug-likeness (QED) is 0.451. The third kappa shape index (κ3) is 5.61. The van der Waals surface area contributed by atoms with Crippen LogP contribution < -0.4 is 5.32 Å². The van der Waals surface area contributed by atoms with Crippen molar-refractivity contribution in [3.63, 3.8) is 0 Å². The molecular weight excluding hydrogens is 407 g/mol. The summed E-state index contributed by atoms with van der Waals surface area (Å²) in [7, 11) is 1.86. The van der Waals surface area contributed by atoms with E-state index in [1.165, 1.54) is 5.75 Å². The van der Waals surface area contributed by atoms with Gasteiger partial charge in [0.15, 0.2) is 5.96 Å². The molecule has 1 N–H and O–H groups in total. The maximum Gasteiger partial charge on any atom is 0.194 e. The maximum atomic E-state index is 4.53. The van der Waals surface area contributed by atoms with Gasteiger partial charge in [0.2, 0.25) is 0 Å². The number of nitrogens with one attached hydrogen (secondary N) is 1. The Morgan fingerprint density at radius 3 is 2.91 bits per heavy atom. The molecular formula is C16H27IN4S. The lowest BCUT2D eigenvalue weighted by atomic mass is 10.1. The van der Waals surface area contributed by atoms with Crippen LogP contribution in [0.15, 0.2) is 23.2 Å². The first-order valence-electron chi connectivity index (χ1n) is 7.60. The fraction of sp³-hybridized carbons (Fsp3) is 0.625. The molecule has 0 aliphatic carbocycles.